The molecule has 0 aliphatic carbocycles. The number of benzene rings is 3. The van der Waals surface area contributed by atoms with Crippen LogP contribution in [-0.2, 0) is 4.79 Å². The van der Waals surface area contributed by atoms with Crippen molar-refractivity contribution in [1.82, 2.24) is 5.32 Å². The molecule has 2 N–H and O–H groups in total. The van der Waals surface area contributed by atoms with Crippen molar-refractivity contribution in [2.75, 3.05) is 5.32 Å². The van der Waals surface area contributed by atoms with Crippen molar-refractivity contribution >= 4 is 40.7 Å². The fraction of sp³-hybridized carbons (Fsp3) is 0. The van der Waals surface area contributed by atoms with Crippen LogP contribution < -0.4 is 15.4 Å². The first kappa shape index (κ1) is 20.7. The lowest BCUT2D eigenvalue weighted by Gasteiger charge is -2.10. The van der Waals surface area contributed by atoms with Crippen molar-refractivity contribution in [1.29, 1.82) is 0 Å². The van der Waals surface area contributed by atoms with Gasteiger partial charge in [-0.25, -0.2) is 0 Å². The van der Waals surface area contributed by atoms with Crippen LogP contribution in [-0.4, -0.2) is 15.9 Å². The predicted octanol–water partition coefficient (Wildman–Crippen LogP) is 4.91. The molecule has 3 aromatic carbocycles. The van der Waals surface area contributed by atoms with Gasteiger partial charge in [0.1, 0.15) is 11.5 Å². The van der Waals surface area contributed by atoms with Crippen LogP contribution in [0.4, 0.5) is 11.4 Å². The van der Waals surface area contributed by atoms with E-state index in [0.29, 0.717) is 17.0 Å². The highest BCUT2D eigenvalue weighted by Crippen LogP contribution is 2.22. The van der Waals surface area contributed by atoms with Gasteiger partial charge in [-0.1, -0.05) is 30.3 Å². The topological polar surface area (TPSA) is 93.5 Å². The van der Waals surface area contributed by atoms with Crippen LogP contribution in [0.25, 0.3) is 6.08 Å². The number of nitrogens with one attached hydrogen (secondary N) is 2. The molecular weight excluding hydrogens is 402 g/mol. The number of non-ortho nitro benzene ring substituents is 1. The minimum atomic E-state index is -0.493. The molecule has 7 nitrogen and oxygen atoms in total. The number of nitro benzene ring substituents is 1. The van der Waals surface area contributed by atoms with Crippen molar-refractivity contribution in [2.45, 2.75) is 0 Å². The van der Waals surface area contributed by atoms with Crippen molar-refractivity contribution in [2.24, 2.45) is 0 Å². The van der Waals surface area contributed by atoms with E-state index in [1.54, 1.807) is 36.4 Å². The Morgan fingerprint density at radius 3 is 2.37 bits per heavy atom. The first-order chi connectivity index (χ1) is 14.5. The molecule has 0 atom stereocenters. The van der Waals surface area contributed by atoms with Crippen molar-refractivity contribution in [3.05, 3.63) is 101 Å². The Bertz CT molecular complexity index is 1080. The number of hydrogen-bond donors (Lipinski definition) is 2. The minimum Gasteiger partial charge on any atom is -0.457 e. The number of carbonyl (C=O) groups is 1. The summed E-state index contributed by atoms with van der Waals surface area (Å²) in [5.74, 6) is 0.946. The molecule has 0 saturated heterocycles. The maximum Gasteiger partial charge on any atom is 0.270 e. The second-order valence-corrected chi connectivity index (χ2v) is 6.48. The quantitative estimate of drug-likeness (QED) is 0.255. The summed E-state index contributed by atoms with van der Waals surface area (Å²) in [6, 6.07) is 22.5. The van der Waals surface area contributed by atoms with Gasteiger partial charge >= 0.3 is 0 Å². The lowest BCUT2D eigenvalue weighted by Crippen LogP contribution is -2.32. The van der Waals surface area contributed by atoms with Gasteiger partial charge < -0.3 is 10.1 Å². The normalized spacial score (nSPS) is 10.4. The average Bonchev–Trinajstić information content (AvgIpc) is 2.74. The van der Waals surface area contributed by atoms with E-state index < -0.39 is 10.8 Å². The number of rotatable bonds is 6. The molecule has 30 heavy (non-hydrogen) atoms. The number of amides is 1. The lowest BCUT2D eigenvalue weighted by atomic mass is 10.2. The Kier molecular flexibility index (Phi) is 6.86. The highest BCUT2D eigenvalue weighted by molar-refractivity contribution is 7.80. The van der Waals surface area contributed by atoms with Gasteiger partial charge in [0.15, 0.2) is 5.11 Å². The van der Waals surface area contributed by atoms with Gasteiger partial charge in [-0.05, 0) is 60.3 Å². The third kappa shape index (κ3) is 6.25. The third-order valence-electron chi connectivity index (χ3n) is 3.84. The van der Waals surface area contributed by atoms with Crippen LogP contribution in [0.2, 0.25) is 0 Å². The Morgan fingerprint density at radius 1 is 0.967 bits per heavy atom. The number of hydrogen-bond acceptors (Lipinski definition) is 5. The van der Waals surface area contributed by atoms with Gasteiger partial charge in [0.05, 0.1) is 4.92 Å². The first-order valence-corrected chi connectivity index (χ1v) is 9.28. The highest BCUT2D eigenvalue weighted by Gasteiger charge is 2.05. The van der Waals surface area contributed by atoms with E-state index in [1.807, 2.05) is 30.3 Å². The van der Waals surface area contributed by atoms with E-state index in [4.69, 9.17) is 17.0 Å². The molecule has 0 fully saturated rings. The third-order valence-corrected chi connectivity index (χ3v) is 4.04. The van der Waals surface area contributed by atoms with Crippen molar-refractivity contribution < 1.29 is 14.5 Å². The summed E-state index contributed by atoms with van der Waals surface area (Å²) < 4.78 is 5.72. The summed E-state index contributed by atoms with van der Waals surface area (Å²) in [6.07, 6.45) is 2.73. The van der Waals surface area contributed by atoms with Crippen LogP contribution in [0.1, 0.15) is 5.56 Å². The van der Waals surface area contributed by atoms with E-state index in [1.165, 1.54) is 24.3 Å². The van der Waals surface area contributed by atoms with E-state index >= 15 is 0 Å². The van der Waals surface area contributed by atoms with Gasteiger partial charge in [0, 0.05) is 23.9 Å². The van der Waals surface area contributed by atoms with Gasteiger partial charge in [-0.2, -0.15) is 0 Å². The number of para-hydroxylation sites is 1. The number of ether oxygens (including phenoxy) is 1. The monoisotopic (exact) mass is 419 g/mol. The smallest absolute Gasteiger partial charge is 0.270 e. The van der Waals surface area contributed by atoms with Crippen LogP contribution in [0.15, 0.2) is 84.9 Å². The zero-order valence-electron chi connectivity index (χ0n) is 15.6. The predicted molar refractivity (Wildman–Crippen MR) is 119 cm³/mol. The average molecular weight is 419 g/mol. The zero-order valence-corrected chi connectivity index (χ0v) is 16.5. The molecule has 0 unspecified atom stereocenters. The SMILES string of the molecule is O=C(/C=C/c1cccc([N+](=O)[O-])c1)NC(=S)Nc1ccc(Oc2ccccc2)cc1. The van der Waals surface area contributed by atoms with Gasteiger partial charge in [0.2, 0.25) is 5.91 Å². The molecule has 3 rings (SSSR count). The molecule has 0 aromatic heterocycles. The molecule has 0 radical (unpaired) electrons. The number of nitro groups is 1. The maximum absolute atomic E-state index is 12.0. The summed E-state index contributed by atoms with van der Waals surface area (Å²) in [7, 11) is 0. The molecular formula is C22H17N3O4S. The molecule has 0 bridgehead atoms. The second-order valence-electron chi connectivity index (χ2n) is 6.07. The molecule has 0 saturated carbocycles. The molecule has 0 spiro atoms. The molecule has 8 heteroatoms. The molecule has 0 aliphatic rings. The summed E-state index contributed by atoms with van der Waals surface area (Å²) in [5, 5.41) is 16.3. The molecule has 3 aromatic rings. The minimum absolute atomic E-state index is 0.0468. The summed E-state index contributed by atoms with van der Waals surface area (Å²) in [6.45, 7) is 0. The fourth-order valence-corrected chi connectivity index (χ4v) is 2.68. The van der Waals surface area contributed by atoms with Crippen LogP contribution in [0.3, 0.4) is 0 Å². The summed E-state index contributed by atoms with van der Waals surface area (Å²) in [4.78, 5) is 22.3. The number of thiocarbonyl (C=S) groups is 1. The first-order valence-electron chi connectivity index (χ1n) is 8.87. The number of carbonyl (C=O) groups excluding carboxylic acids is 1. The molecule has 0 aliphatic heterocycles. The number of anilines is 1. The van der Waals surface area contributed by atoms with Gasteiger partial charge in [-0.3, -0.25) is 20.2 Å². The maximum atomic E-state index is 12.0. The van der Waals surface area contributed by atoms with Crippen molar-refractivity contribution in [3.63, 3.8) is 0 Å². The fourth-order valence-electron chi connectivity index (χ4n) is 2.46. The Hall–Kier alpha value is -4.04. The van der Waals surface area contributed by atoms with Crippen LogP contribution >= 0.6 is 12.2 Å². The summed E-state index contributed by atoms with van der Waals surface area (Å²) in [5.41, 5.74) is 1.17. The second kappa shape index (κ2) is 9.94. The standard InChI is InChI=1S/C22H17N3O4S/c26-21(14-9-16-5-4-6-18(15-16)25(27)28)24-22(30)23-17-10-12-20(13-11-17)29-19-7-2-1-3-8-19/h1-15H,(H2,23,24,26,30)/b14-9+. The van der Waals surface area contributed by atoms with Crippen LogP contribution in [0.5, 0.6) is 11.5 Å². The molecule has 150 valence electrons. The van der Waals surface area contributed by atoms with E-state index in [-0.39, 0.29) is 10.8 Å². The molecule has 0 heterocycles. The lowest BCUT2D eigenvalue weighted by molar-refractivity contribution is -0.384. The van der Waals surface area contributed by atoms with E-state index in [0.717, 1.165) is 5.75 Å². The van der Waals surface area contributed by atoms with Crippen molar-refractivity contribution in [3.8, 4) is 11.5 Å². The van der Waals surface area contributed by atoms with Crippen LogP contribution in [0, 0.1) is 10.1 Å². The summed E-state index contributed by atoms with van der Waals surface area (Å²) >= 11 is 5.14. The largest absolute Gasteiger partial charge is 0.457 e. The highest BCUT2D eigenvalue weighted by atomic mass is 32.1. The number of nitrogens with zero attached hydrogens (tertiary/aromatic N) is 1. The van der Waals surface area contributed by atoms with E-state index in [2.05, 4.69) is 10.6 Å². The van der Waals surface area contributed by atoms with Gasteiger partial charge in [0.25, 0.3) is 5.69 Å². The Morgan fingerprint density at radius 2 is 1.67 bits per heavy atom. The van der Waals surface area contributed by atoms with Gasteiger partial charge in [-0.15, -0.1) is 0 Å². The van der Waals surface area contributed by atoms with E-state index in [9.17, 15) is 14.9 Å². The molecule has 1 amide bonds. The zero-order chi connectivity index (χ0) is 21.3. The Balaban J connectivity index is 1.51. The Labute approximate surface area is 178 Å².